The molecule has 170 valence electrons. The van der Waals surface area contributed by atoms with Gasteiger partial charge in [-0.05, 0) is 30.9 Å². The molecule has 1 fully saturated rings. The summed E-state index contributed by atoms with van der Waals surface area (Å²) in [6, 6.07) is 2.94. The van der Waals surface area contributed by atoms with Gasteiger partial charge in [0.2, 0.25) is 6.29 Å². The van der Waals surface area contributed by atoms with Gasteiger partial charge in [-0.15, -0.1) is 0 Å². The zero-order valence-electron chi connectivity index (χ0n) is 17.3. The average Bonchev–Trinajstić information content (AvgIpc) is 2.72. The Morgan fingerprint density at radius 1 is 1.10 bits per heavy atom. The molecule has 0 spiro atoms. The number of phenols is 1. The molecule has 31 heavy (non-hydrogen) atoms. The molecular formula is C21H26O10. The van der Waals surface area contributed by atoms with Crippen molar-refractivity contribution in [3.8, 4) is 17.2 Å². The van der Waals surface area contributed by atoms with Crippen LogP contribution in [-0.4, -0.2) is 80.8 Å². The van der Waals surface area contributed by atoms with Gasteiger partial charge in [-0.2, -0.15) is 0 Å². The lowest BCUT2D eigenvalue weighted by molar-refractivity contribution is -0.277. The van der Waals surface area contributed by atoms with E-state index in [-0.39, 0.29) is 28.2 Å². The van der Waals surface area contributed by atoms with E-state index < -0.39 is 49.7 Å². The molecule has 0 saturated carbocycles. The number of hydrogen-bond acceptors (Lipinski definition) is 10. The van der Waals surface area contributed by atoms with E-state index in [1.54, 1.807) is 13.0 Å². The van der Waals surface area contributed by atoms with Crippen molar-refractivity contribution in [2.24, 2.45) is 0 Å². The zero-order valence-corrected chi connectivity index (χ0v) is 17.3. The van der Waals surface area contributed by atoms with E-state index in [1.165, 1.54) is 20.1 Å². The van der Waals surface area contributed by atoms with Crippen LogP contribution in [0.2, 0.25) is 0 Å². The smallest absolute Gasteiger partial charge is 0.229 e. The summed E-state index contributed by atoms with van der Waals surface area (Å²) in [5, 5.41) is 60.9. The zero-order chi connectivity index (χ0) is 23.0. The van der Waals surface area contributed by atoms with Crippen LogP contribution in [0.15, 0.2) is 12.1 Å². The molecule has 2 aromatic carbocycles. The molecule has 0 aromatic heterocycles. The van der Waals surface area contributed by atoms with Crippen molar-refractivity contribution in [3.05, 3.63) is 28.8 Å². The molecule has 1 aliphatic rings. The van der Waals surface area contributed by atoms with E-state index in [9.17, 15) is 35.4 Å². The summed E-state index contributed by atoms with van der Waals surface area (Å²) in [5.74, 6) is -0.631. The highest BCUT2D eigenvalue weighted by Crippen LogP contribution is 2.44. The molecule has 10 nitrogen and oxygen atoms in total. The fourth-order valence-electron chi connectivity index (χ4n) is 3.87. The van der Waals surface area contributed by atoms with Crippen LogP contribution in [0.25, 0.3) is 10.8 Å². The van der Waals surface area contributed by atoms with E-state index in [0.29, 0.717) is 16.5 Å². The number of aryl methyl sites for hydroxylation is 1. The summed E-state index contributed by atoms with van der Waals surface area (Å²) in [4.78, 5) is 12.1. The van der Waals surface area contributed by atoms with Gasteiger partial charge in [0, 0.05) is 11.6 Å². The van der Waals surface area contributed by atoms with Crippen molar-refractivity contribution < 1.29 is 49.6 Å². The summed E-state index contributed by atoms with van der Waals surface area (Å²) in [5.41, 5.74) is 0.867. The Morgan fingerprint density at radius 3 is 2.32 bits per heavy atom. The van der Waals surface area contributed by atoms with Crippen molar-refractivity contribution in [2.45, 2.75) is 51.2 Å². The Balaban J connectivity index is 2.21. The standard InChI is InChI=1S/C21H26O10/c1-8-4-10-11(6-22)12(29-3)5-13(16(10)18(26)15(8)9(2)24)30-21-20(28)19(27)17(25)14(7-23)31-21/h4-5,14,17,19-23,25-28H,6-7H2,1-3H3/t14-,17-,19+,20-,21+/m1/s1. The number of phenolic OH excluding ortho intramolecular Hbond substituents is 1. The predicted molar refractivity (Wildman–Crippen MR) is 107 cm³/mol. The van der Waals surface area contributed by atoms with Gasteiger partial charge in [0.15, 0.2) is 5.78 Å². The van der Waals surface area contributed by atoms with Crippen LogP contribution in [0.4, 0.5) is 0 Å². The molecule has 0 bridgehead atoms. The van der Waals surface area contributed by atoms with Crippen LogP contribution in [0.3, 0.4) is 0 Å². The van der Waals surface area contributed by atoms with Gasteiger partial charge in [-0.3, -0.25) is 4.79 Å². The maximum atomic E-state index is 12.1. The second kappa shape index (κ2) is 8.95. The Bertz CT molecular complexity index is 986. The number of aliphatic hydroxyl groups is 5. The van der Waals surface area contributed by atoms with Gasteiger partial charge in [-0.1, -0.05) is 0 Å². The monoisotopic (exact) mass is 438 g/mol. The van der Waals surface area contributed by atoms with Gasteiger partial charge < -0.3 is 44.8 Å². The third-order valence-electron chi connectivity index (χ3n) is 5.45. The van der Waals surface area contributed by atoms with Crippen molar-refractivity contribution in [2.75, 3.05) is 13.7 Å². The number of hydrogen-bond donors (Lipinski definition) is 6. The molecule has 0 radical (unpaired) electrons. The lowest BCUT2D eigenvalue weighted by Gasteiger charge is -2.39. The number of ketones is 1. The van der Waals surface area contributed by atoms with Crippen LogP contribution >= 0.6 is 0 Å². The molecule has 0 unspecified atom stereocenters. The number of carbonyl (C=O) groups excluding carboxylic acids is 1. The Kier molecular flexibility index (Phi) is 6.70. The van der Waals surface area contributed by atoms with E-state index in [2.05, 4.69) is 0 Å². The van der Waals surface area contributed by atoms with Gasteiger partial charge in [0.25, 0.3) is 0 Å². The molecule has 1 aliphatic heterocycles. The molecule has 6 N–H and O–H groups in total. The third-order valence-corrected chi connectivity index (χ3v) is 5.45. The second-order valence-electron chi connectivity index (χ2n) is 7.42. The number of Topliss-reactive ketones (excluding diaryl/α,β-unsaturated/α-hetero) is 1. The maximum absolute atomic E-state index is 12.1. The summed E-state index contributed by atoms with van der Waals surface area (Å²) in [6.07, 6.45) is -7.63. The molecule has 1 saturated heterocycles. The number of ether oxygens (including phenoxy) is 3. The van der Waals surface area contributed by atoms with Crippen LogP contribution in [0.1, 0.15) is 28.4 Å². The number of aromatic hydroxyl groups is 1. The fourth-order valence-corrected chi connectivity index (χ4v) is 3.87. The summed E-state index contributed by atoms with van der Waals surface area (Å²) in [7, 11) is 1.37. The summed E-state index contributed by atoms with van der Waals surface area (Å²) >= 11 is 0. The number of fused-ring (bicyclic) bond motifs is 1. The second-order valence-corrected chi connectivity index (χ2v) is 7.42. The van der Waals surface area contributed by atoms with E-state index in [1.807, 2.05) is 0 Å². The maximum Gasteiger partial charge on any atom is 0.229 e. The number of carbonyl (C=O) groups is 1. The first kappa shape index (κ1) is 23.2. The number of rotatable bonds is 6. The number of methoxy groups -OCH3 is 1. The quantitative estimate of drug-likeness (QED) is 0.331. The first-order chi connectivity index (χ1) is 14.7. The molecular weight excluding hydrogens is 412 g/mol. The largest absolute Gasteiger partial charge is 0.506 e. The number of aliphatic hydroxyl groups excluding tert-OH is 5. The average molecular weight is 438 g/mol. The van der Waals surface area contributed by atoms with Gasteiger partial charge >= 0.3 is 0 Å². The summed E-state index contributed by atoms with van der Waals surface area (Å²) < 4.78 is 16.4. The van der Waals surface area contributed by atoms with Crippen LogP contribution < -0.4 is 9.47 Å². The highest BCUT2D eigenvalue weighted by molar-refractivity contribution is 6.08. The molecule has 2 aromatic rings. The van der Waals surface area contributed by atoms with Crippen LogP contribution in [-0.2, 0) is 11.3 Å². The molecule has 3 rings (SSSR count). The molecule has 10 heteroatoms. The van der Waals surface area contributed by atoms with Gasteiger partial charge in [0.1, 0.15) is 41.7 Å². The minimum atomic E-state index is -1.68. The molecule has 0 amide bonds. The summed E-state index contributed by atoms with van der Waals surface area (Å²) in [6.45, 7) is 1.85. The van der Waals surface area contributed by atoms with E-state index in [4.69, 9.17) is 14.2 Å². The van der Waals surface area contributed by atoms with Crippen molar-refractivity contribution in [1.29, 1.82) is 0 Å². The van der Waals surface area contributed by atoms with Gasteiger partial charge in [-0.25, -0.2) is 0 Å². The van der Waals surface area contributed by atoms with Crippen molar-refractivity contribution in [1.82, 2.24) is 0 Å². The first-order valence-electron chi connectivity index (χ1n) is 9.61. The Morgan fingerprint density at radius 2 is 1.77 bits per heavy atom. The molecule has 1 heterocycles. The van der Waals surface area contributed by atoms with Crippen molar-refractivity contribution >= 4 is 16.6 Å². The van der Waals surface area contributed by atoms with Crippen molar-refractivity contribution in [3.63, 3.8) is 0 Å². The Hall–Kier alpha value is -2.47. The number of benzene rings is 2. The minimum Gasteiger partial charge on any atom is -0.506 e. The first-order valence-corrected chi connectivity index (χ1v) is 9.61. The van der Waals surface area contributed by atoms with E-state index in [0.717, 1.165) is 0 Å². The van der Waals surface area contributed by atoms with Crippen LogP contribution in [0.5, 0.6) is 17.2 Å². The SMILES string of the molecule is COc1cc(O[C@H]2O[C@H](CO)[C@@H](O)[C@H](O)[C@H]2O)c2c(O)c(C(C)=O)c(C)cc2c1CO. The Labute approximate surface area is 177 Å². The van der Waals surface area contributed by atoms with Gasteiger partial charge in [0.05, 0.1) is 31.3 Å². The molecule has 5 atom stereocenters. The minimum absolute atomic E-state index is 0.0557. The third kappa shape index (κ3) is 3.93. The van der Waals surface area contributed by atoms with Crippen LogP contribution in [0, 0.1) is 6.92 Å². The highest BCUT2D eigenvalue weighted by Gasteiger charge is 2.45. The predicted octanol–water partition coefficient (Wildman–Crippen LogP) is -0.264. The highest BCUT2D eigenvalue weighted by atomic mass is 16.7. The fraction of sp³-hybridized carbons (Fsp3) is 0.476. The molecule has 0 aliphatic carbocycles. The van der Waals surface area contributed by atoms with E-state index >= 15 is 0 Å². The lowest BCUT2D eigenvalue weighted by atomic mass is 9.94. The lowest BCUT2D eigenvalue weighted by Crippen LogP contribution is -2.60. The normalized spacial score (nSPS) is 26.1. The topological polar surface area (TPSA) is 166 Å².